The van der Waals surface area contributed by atoms with Crippen molar-refractivity contribution in [2.75, 3.05) is 39.7 Å². The molecule has 3 aromatic rings. The molecule has 4 aliphatic rings. The zero-order valence-corrected chi connectivity index (χ0v) is 20.7. The fraction of sp³-hybridized carbons (Fsp3) is 0.321. The summed E-state index contributed by atoms with van der Waals surface area (Å²) in [6.45, 7) is 0.560. The number of hydrogen-bond donors (Lipinski definition) is 2. The number of nitrogens with one attached hydrogen (secondary N) is 1. The summed E-state index contributed by atoms with van der Waals surface area (Å²) in [6, 6.07) is 12.8. The van der Waals surface area contributed by atoms with E-state index < -0.39 is 11.8 Å². The Morgan fingerprint density at radius 1 is 0.816 bits per heavy atom. The van der Waals surface area contributed by atoms with Crippen molar-refractivity contribution in [3.63, 3.8) is 0 Å². The topological polar surface area (TPSA) is 114 Å². The number of esters is 1. The molecule has 38 heavy (non-hydrogen) atoms. The second-order valence-corrected chi connectivity index (χ2v) is 9.60. The number of ether oxygens (including phenoxy) is 7. The van der Waals surface area contributed by atoms with E-state index in [0.29, 0.717) is 23.0 Å². The molecule has 1 saturated heterocycles. The molecule has 0 radical (unpaired) electrons. The number of phenolic OH excluding ortho intramolecular Hbond substituents is 1. The normalized spacial score (nSPS) is 23.9. The molecule has 4 atom stereocenters. The van der Waals surface area contributed by atoms with Crippen molar-refractivity contribution >= 4 is 11.7 Å². The molecular formula is C28H25NO9. The Hall–Kier alpha value is -4.47. The van der Waals surface area contributed by atoms with Crippen LogP contribution in [0.3, 0.4) is 0 Å². The van der Waals surface area contributed by atoms with Gasteiger partial charge in [0.1, 0.15) is 0 Å². The maximum Gasteiger partial charge on any atom is 0.310 e. The first-order valence-electron chi connectivity index (χ1n) is 12.3. The third-order valence-corrected chi connectivity index (χ3v) is 7.74. The molecule has 3 aliphatic heterocycles. The van der Waals surface area contributed by atoms with Crippen LogP contribution in [0.2, 0.25) is 0 Å². The highest BCUT2D eigenvalue weighted by molar-refractivity contribution is 5.79. The summed E-state index contributed by atoms with van der Waals surface area (Å²) in [5.41, 5.74) is 3.43. The largest absolute Gasteiger partial charge is 0.502 e. The van der Waals surface area contributed by atoms with Gasteiger partial charge in [-0.3, -0.25) is 4.79 Å². The van der Waals surface area contributed by atoms with Gasteiger partial charge in [-0.2, -0.15) is 0 Å². The summed E-state index contributed by atoms with van der Waals surface area (Å²) in [5, 5.41) is 14.2. The van der Waals surface area contributed by atoms with Crippen molar-refractivity contribution in [3.8, 4) is 40.2 Å². The van der Waals surface area contributed by atoms with Gasteiger partial charge in [0.15, 0.2) is 34.5 Å². The number of methoxy groups -OCH3 is 2. The molecular weight excluding hydrogens is 494 g/mol. The van der Waals surface area contributed by atoms with Crippen LogP contribution < -0.4 is 33.7 Å². The van der Waals surface area contributed by atoms with Gasteiger partial charge in [-0.15, -0.1) is 0 Å². The number of anilines is 1. The van der Waals surface area contributed by atoms with Crippen LogP contribution in [0.5, 0.6) is 40.2 Å². The second kappa shape index (κ2) is 8.54. The van der Waals surface area contributed by atoms with Crippen LogP contribution in [0.15, 0.2) is 42.5 Å². The van der Waals surface area contributed by atoms with E-state index in [1.807, 2.05) is 30.3 Å². The maximum atomic E-state index is 13.3. The third-order valence-electron chi connectivity index (χ3n) is 7.74. The average Bonchev–Trinajstić information content (AvgIpc) is 3.68. The number of carbonyl (C=O) groups is 1. The summed E-state index contributed by atoms with van der Waals surface area (Å²) in [5.74, 6) is 1.62. The lowest BCUT2D eigenvalue weighted by Crippen LogP contribution is -2.37. The second-order valence-electron chi connectivity index (χ2n) is 9.60. The van der Waals surface area contributed by atoms with E-state index in [2.05, 4.69) is 5.32 Å². The van der Waals surface area contributed by atoms with Crippen molar-refractivity contribution < 1.29 is 43.1 Å². The Morgan fingerprint density at radius 3 is 2.13 bits per heavy atom. The first kappa shape index (κ1) is 22.7. The van der Waals surface area contributed by atoms with Crippen molar-refractivity contribution in [1.82, 2.24) is 0 Å². The molecule has 0 saturated carbocycles. The van der Waals surface area contributed by atoms with E-state index in [1.54, 1.807) is 12.1 Å². The van der Waals surface area contributed by atoms with E-state index in [0.717, 1.165) is 22.4 Å². The predicted molar refractivity (Wildman–Crippen MR) is 132 cm³/mol. The quantitative estimate of drug-likeness (QED) is 0.480. The minimum absolute atomic E-state index is 0.103. The third kappa shape index (κ3) is 3.36. The molecule has 10 nitrogen and oxygen atoms in total. The van der Waals surface area contributed by atoms with E-state index in [4.69, 9.17) is 33.2 Å². The molecule has 0 amide bonds. The van der Waals surface area contributed by atoms with Gasteiger partial charge in [0, 0.05) is 23.6 Å². The molecule has 3 heterocycles. The molecule has 196 valence electrons. The van der Waals surface area contributed by atoms with Crippen molar-refractivity contribution in [2.24, 2.45) is 11.8 Å². The van der Waals surface area contributed by atoms with Gasteiger partial charge in [0.25, 0.3) is 0 Å². The van der Waals surface area contributed by atoms with Crippen molar-refractivity contribution in [2.45, 2.75) is 12.0 Å². The molecule has 0 bridgehead atoms. The van der Waals surface area contributed by atoms with Gasteiger partial charge in [0.2, 0.25) is 19.3 Å². The van der Waals surface area contributed by atoms with Gasteiger partial charge < -0.3 is 43.6 Å². The summed E-state index contributed by atoms with van der Waals surface area (Å²) in [6.07, 6.45) is 0. The Bertz CT molecular complexity index is 1430. The zero-order valence-electron chi connectivity index (χ0n) is 20.7. The van der Waals surface area contributed by atoms with Crippen LogP contribution in [-0.4, -0.2) is 45.5 Å². The molecule has 0 spiro atoms. The van der Waals surface area contributed by atoms with Gasteiger partial charge in [0.05, 0.1) is 32.8 Å². The number of cyclic esters (lactones) is 1. The number of rotatable bonds is 5. The smallest absolute Gasteiger partial charge is 0.310 e. The Kier molecular flexibility index (Phi) is 5.10. The summed E-state index contributed by atoms with van der Waals surface area (Å²) >= 11 is 0. The number of aromatic hydroxyl groups is 1. The first-order valence-corrected chi connectivity index (χ1v) is 12.3. The lowest BCUT2D eigenvalue weighted by molar-refractivity contribution is -0.141. The lowest BCUT2D eigenvalue weighted by atomic mass is 9.65. The van der Waals surface area contributed by atoms with Crippen LogP contribution in [0.25, 0.3) is 0 Å². The van der Waals surface area contributed by atoms with Gasteiger partial charge in [-0.05, 0) is 53.1 Å². The van der Waals surface area contributed by atoms with E-state index in [-0.39, 0.29) is 55.4 Å². The van der Waals surface area contributed by atoms with Crippen molar-refractivity contribution in [3.05, 3.63) is 59.2 Å². The molecule has 2 N–H and O–H groups in total. The molecule has 1 aliphatic carbocycles. The van der Waals surface area contributed by atoms with E-state index in [1.165, 1.54) is 14.2 Å². The van der Waals surface area contributed by atoms with Crippen molar-refractivity contribution in [1.29, 1.82) is 0 Å². The summed E-state index contributed by atoms with van der Waals surface area (Å²) < 4.78 is 39.0. The Balaban J connectivity index is 1.40. The van der Waals surface area contributed by atoms with Gasteiger partial charge in [-0.1, -0.05) is 0 Å². The van der Waals surface area contributed by atoms with Gasteiger partial charge in [-0.25, -0.2) is 0 Å². The minimum Gasteiger partial charge on any atom is -0.502 e. The predicted octanol–water partition coefficient (Wildman–Crippen LogP) is 3.95. The SMILES string of the molecule is COc1cc([C@@H]2c3cc4c(cc3[C@@H](Nc3ccc5c(c3)OCO5)[C@H]3COC(=O)[C@H]23)OCO4)cc(OC)c1O. The number of carbonyl (C=O) groups excluding carboxylic acids is 1. The van der Waals surface area contributed by atoms with Crippen LogP contribution >= 0.6 is 0 Å². The average molecular weight is 520 g/mol. The fourth-order valence-corrected chi connectivity index (χ4v) is 6.01. The highest BCUT2D eigenvalue weighted by Gasteiger charge is 2.52. The van der Waals surface area contributed by atoms with Crippen LogP contribution in [-0.2, 0) is 9.53 Å². The minimum atomic E-state index is -0.506. The van der Waals surface area contributed by atoms with E-state index >= 15 is 0 Å². The zero-order chi connectivity index (χ0) is 26.0. The monoisotopic (exact) mass is 519 g/mol. The number of fused-ring (bicyclic) bond motifs is 4. The summed E-state index contributed by atoms with van der Waals surface area (Å²) in [7, 11) is 2.95. The maximum absolute atomic E-state index is 13.3. The molecule has 1 fully saturated rings. The fourth-order valence-electron chi connectivity index (χ4n) is 6.01. The molecule has 0 unspecified atom stereocenters. The van der Waals surface area contributed by atoms with Crippen LogP contribution in [0.1, 0.15) is 28.7 Å². The lowest BCUT2D eigenvalue weighted by Gasteiger charge is -2.40. The summed E-state index contributed by atoms with van der Waals surface area (Å²) in [4.78, 5) is 13.3. The standard InChI is InChI=1S/C28H25NO9/c1-32-22-5-13(6-23(33-2)27(22)30)24-15-8-20-21(38-12-37-20)9-16(15)26(17-10-34-28(31)25(17)24)29-14-3-4-18-19(7-14)36-11-35-18/h3-9,17,24-26,29-30H,10-12H2,1-2H3/t17-,24+,25-,26+/m0/s1. The molecule has 0 aromatic heterocycles. The molecule has 10 heteroatoms. The number of hydrogen-bond acceptors (Lipinski definition) is 10. The molecule has 7 rings (SSSR count). The van der Waals surface area contributed by atoms with Gasteiger partial charge >= 0.3 is 5.97 Å². The highest BCUT2D eigenvalue weighted by atomic mass is 16.7. The molecule has 3 aromatic carbocycles. The number of benzene rings is 3. The number of phenols is 1. The Morgan fingerprint density at radius 2 is 1.45 bits per heavy atom. The van der Waals surface area contributed by atoms with Crippen LogP contribution in [0, 0.1) is 11.8 Å². The first-order chi connectivity index (χ1) is 18.6. The van der Waals surface area contributed by atoms with Crippen LogP contribution in [0.4, 0.5) is 5.69 Å². The van der Waals surface area contributed by atoms with E-state index in [9.17, 15) is 9.90 Å². The Labute approximate surface area is 217 Å². The highest BCUT2D eigenvalue weighted by Crippen LogP contribution is 2.56.